The number of carbonyl (C=O) groups is 8. The lowest BCUT2D eigenvalue weighted by Crippen LogP contribution is -2.58. The summed E-state index contributed by atoms with van der Waals surface area (Å²) in [6.45, 7) is 20.6. The van der Waals surface area contributed by atoms with Crippen molar-refractivity contribution in [1.29, 1.82) is 0 Å². The number of hydrogen-bond donors (Lipinski definition) is 11. The molecular weight excluding hydrogens is 1520 g/mol. The maximum atomic E-state index is 14.8. The van der Waals surface area contributed by atoms with Crippen LogP contribution in [0, 0.1) is 40.9 Å². The van der Waals surface area contributed by atoms with E-state index >= 15 is 0 Å². The predicted octanol–water partition coefficient (Wildman–Crippen LogP) is 6.10. The number of carboxylic acids is 1. The number of amides is 5. The van der Waals surface area contributed by atoms with Gasteiger partial charge in [0.25, 0.3) is 0 Å². The standard InChI is InChI=1S/C71H116N11O24P3S/c1-15-44(6)59(45(7)34-55(86)81-32-23-28-51(81)61(101-14)47(9)52(84)36-49(70(92)93)35-48-25-20-18-21-26-48)80(13)68(91)56(42(2)3)78-66(89)58(43(4)5)79(12)46(8)24-19-16-17-22-27-50(83)38-110-33-31-73-54(85)29-30-74-67(90)63(88)71(10,11)39-103-109(99,100)106-108(97,98)102-37-53-62(105-107(94,95)96)60(87)69(104-53)82-41-77-57-64(72)75-40-76-65(57)82/h18,20-21,25-26,40-45,47,49,51,53,56,58-63,69,87-88H,8,15-17,19,22-24,27-39H2,1-7,9-14H3,(H,73,85)(H,74,90)(H,78,89)(H,92,93)(H,97,98)(H,99,100)(H2,72,75,76)(H2,94,95,96)/t44-,45+,47-,49+,51-,53-,56-,58-,59-,60-,61+,62-,63-,69-/m0/s1. The van der Waals surface area contributed by atoms with Crippen molar-refractivity contribution in [3.63, 3.8) is 0 Å². The van der Waals surface area contributed by atoms with Gasteiger partial charge in [-0.3, -0.25) is 56.5 Å². The smallest absolute Gasteiger partial charge is 0.481 e. The second-order valence-corrected chi connectivity index (χ2v) is 35.2. The van der Waals surface area contributed by atoms with Crippen LogP contribution in [0.25, 0.3) is 11.2 Å². The van der Waals surface area contributed by atoms with Crippen molar-refractivity contribution in [2.75, 3.05) is 71.3 Å². The number of likely N-dealkylation sites (N-methyl/N-ethyl adjacent to an activating group) is 2. The maximum absolute atomic E-state index is 14.8. The Morgan fingerprint density at radius 1 is 0.836 bits per heavy atom. The molecule has 2 saturated heterocycles. The minimum absolute atomic E-state index is 0.0141. The lowest BCUT2D eigenvalue weighted by molar-refractivity contribution is -0.146. The van der Waals surface area contributed by atoms with Crippen LogP contribution >= 0.6 is 35.2 Å². The molecule has 4 heterocycles. The number of nitrogens with one attached hydrogen (secondary N) is 3. The van der Waals surface area contributed by atoms with Crippen LogP contribution < -0.4 is 21.7 Å². The van der Waals surface area contributed by atoms with E-state index in [1.54, 1.807) is 23.8 Å². The molecule has 0 radical (unpaired) electrons. The number of methoxy groups -OCH3 is 1. The fourth-order valence-electron chi connectivity index (χ4n) is 13.9. The number of unbranched alkanes of at least 4 members (excludes halogenated alkanes) is 3. The number of imidazole rings is 1. The highest BCUT2D eigenvalue weighted by Crippen LogP contribution is 2.61. The summed E-state index contributed by atoms with van der Waals surface area (Å²) in [6.07, 6.45) is -1.65. The molecule has 5 amide bonds. The number of thioether (sulfide) groups is 1. The first kappa shape index (κ1) is 94.4. The van der Waals surface area contributed by atoms with E-state index in [1.807, 2.05) is 83.8 Å². The number of aliphatic hydroxyl groups is 2. The summed E-state index contributed by atoms with van der Waals surface area (Å²) in [5.74, 6) is -5.23. The Morgan fingerprint density at radius 3 is 2.11 bits per heavy atom. The summed E-state index contributed by atoms with van der Waals surface area (Å²) in [7, 11) is -11.5. The molecule has 2 aliphatic heterocycles. The molecule has 0 spiro atoms. The molecule has 39 heteroatoms. The number of benzene rings is 1. The van der Waals surface area contributed by atoms with Crippen molar-refractivity contribution in [3.8, 4) is 0 Å². The number of anilines is 1. The molecule has 1 aromatic carbocycles. The number of ether oxygens (including phenoxy) is 2. The van der Waals surface area contributed by atoms with Gasteiger partial charge < -0.3 is 80.8 Å². The summed E-state index contributed by atoms with van der Waals surface area (Å²) in [5, 5.41) is 40.0. The summed E-state index contributed by atoms with van der Waals surface area (Å²) in [4.78, 5) is 165. The number of Topliss-reactive ketones (excluding diaryl/α,β-unsaturated/α-hetero) is 2. The number of nitrogens with zero attached hydrogens (tertiary/aromatic N) is 7. The van der Waals surface area contributed by atoms with Gasteiger partial charge in [0.15, 0.2) is 17.7 Å². The first-order chi connectivity index (χ1) is 51.5. The number of aromatic nitrogens is 4. The zero-order valence-corrected chi connectivity index (χ0v) is 68.7. The monoisotopic (exact) mass is 1630 g/mol. The summed E-state index contributed by atoms with van der Waals surface area (Å²) >= 11 is 1.34. The van der Waals surface area contributed by atoms with Crippen LogP contribution in [-0.4, -0.2) is 236 Å². The van der Waals surface area contributed by atoms with Gasteiger partial charge in [-0.15, -0.1) is 0 Å². The number of phosphoric acid groups is 3. The average Bonchev–Trinajstić information content (AvgIpc) is 1.61. The Kier molecular flexibility index (Phi) is 37.2. The second kappa shape index (κ2) is 43.4. The Balaban J connectivity index is 0.970. The fourth-order valence-corrected chi connectivity index (χ4v) is 17.4. The van der Waals surface area contributed by atoms with Crippen molar-refractivity contribution in [1.82, 2.24) is 50.2 Å². The number of aliphatic carboxylic acids is 1. The summed E-state index contributed by atoms with van der Waals surface area (Å²) in [5.41, 5.74) is 5.79. The van der Waals surface area contributed by atoms with E-state index in [9.17, 15) is 86.9 Å². The van der Waals surface area contributed by atoms with Crippen LogP contribution in [0.2, 0.25) is 0 Å². The molecule has 5 rings (SSSR count). The third-order valence-corrected chi connectivity index (χ3v) is 24.2. The number of allylic oxidation sites excluding steroid dienone is 1. The number of hydrogen-bond acceptors (Lipinski definition) is 25. The zero-order valence-electron chi connectivity index (χ0n) is 65.2. The Labute approximate surface area is 647 Å². The van der Waals surface area contributed by atoms with Gasteiger partial charge in [0.2, 0.25) is 29.5 Å². The number of aliphatic hydroxyl groups excluding tert-OH is 2. The third-order valence-electron chi connectivity index (χ3n) is 20.1. The van der Waals surface area contributed by atoms with Gasteiger partial charge in [-0.2, -0.15) is 16.1 Å². The van der Waals surface area contributed by atoms with Gasteiger partial charge in [0.05, 0.1) is 43.4 Å². The summed E-state index contributed by atoms with van der Waals surface area (Å²) < 4.78 is 68.9. The molecule has 0 aliphatic carbocycles. The van der Waals surface area contributed by atoms with Crippen molar-refractivity contribution in [2.24, 2.45) is 40.9 Å². The highest BCUT2D eigenvalue weighted by atomic mass is 32.2. The van der Waals surface area contributed by atoms with Gasteiger partial charge in [0, 0.05) is 95.3 Å². The number of carbonyl (C=O) groups excluding carboxylic acids is 7. The number of phosphoric ester groups is 3. The molecule has 110 heavy (non-hydrogen) atoms. The molecule has 620 valence electrons. The van der Waals surface area contributed by atoms with Crippen LogP contribution in [0.3, 0.4) is 0 Å². The SMILES string of the molecule is C=C(CCCCCCC(=O)CSCCNC(=O)CCNC(=O)[C@H](O)C(C)(C)COP(=O)(O)OP(=O)(O)OC[C@@H]1O[C@H](n2cnc3c(N)ncnc32)[C@@H](O)[C@H]1OP(=O)(O)O)N(C)[C@H](C(=O)N[C@H](C(=O)N(C)[C@H]([C@H](C)CC(=O)N1CCC[C@H]1[C@H](OC)[C@@H](C)C(=O)C[C@@H](Cc1ccccc1)C(=O)O)[C@@H](C)CC)C(C)C)C(C)C. The van der Waals surface area contributed by atoms with E-state index in [4.69, 9.17) is 24.3 Å². The number of carboxylic acid groups (broad SMARTS) is 1. The van der Waals surface area contributed by atoms with E-state index in [1.165, 1.54) is 32.7 Å². The number of rotatable bonds is 50. The number of nitrogens with two attached hydrogens (primary N) is 1. The Bertz CT molecular complexity index is 3720. The van der Waals surface area contributed by atoms with Crippen LogP contribution in [-0.2, 0) is 85.8 Å². The number of nitrogen functional groups attached to an aromatic ring is 1. The molecule has 2 unspecified atom stereocenters. The molecule has 2 aromatic heterocycles. The van der Waals surface area contributed by atoms with Crippen LogP contribution in [0.15, 0.2) is 55.3 Å². The lowest BCUT2D eigenvalue weighted by atomic mass is 9.84. The van der Waals surface area contributed by atoms with E-state index in [0.717, 1.165) is 47.7 Å². The second-order valence-electron chi connectivity index (χ2n) is 29.9. The third kappa shape index (κ3) is 28.1. The molecule has 35 nitrogen and oxygen atoms in total. The van der Waals surface area contributed by atoms with Gasteiger partial charge in [-0.1, -0.05) is 125 Å². The highest BCUT2D eigenvalue weighted by Gasteiger charge is 2.51. The molecule has 3 aromatic rings. The fraction of sp³-hybridized carbons (Fsp3) is 0.704. The first-order valence-corrected chi connectivity index (χ1v) is 42.7. The summed E-state index contributed by atoms with van der Waals surface area (Å²) in [6, 6.07) is 6.85. The van der Waals surface area contributed by atoms with E-state index < -0.39 is 127 Å². The Hall–Kier alpha value is -6.17. The number of likely N-dealkylation sites (tertiary alicyclic amines) is 1. The van der Waals surface area contributed by atoms with E-state index in [0.29, 0.717) is 50.8 Å². The zero-order chi connectivity index (χ0) is 82.3. The largest absolute Gasteiger partial charge is 0.481 e. The van der Waals surface area contributed by atoms with E-state index in [-0.39, 0.29) is 121 Å². The van der Waals surface area contributed by atoms with Crippen molar-refractivity contribution < 1.29 is 114 Å². The van der Waals surface area contributed by atoms with Gasteiger partial charge in [-0.05, 0) is 67.8 Å². The van der Waals surface area contributed by atoms with Crippen LogP contribution in [0.1, 0.15) is 158 Å². The molecular formula is C71H116N11O24P3S. The molecule has 0 saturated carbocycles. The normalized spacial score (nSPS) is 20.5. The van der Waals surface area contributed by atoms with Crippen LogP contribution in [0.5, 0.6) is 0 Å². The molecule has 16 atom stereocenters. The lowest BCUT2D eigenvalue weighted by Gasteiger charge is -2.41. The highest BCUT2D eigenvalue weighted by molar-refractivity contribution is 7.99. The molecule has 12 N–H and O–H groups in total. The minimum Gasteiger partial charge on any atom is -0.481 e. The maximum Gasteiger partial charge on any atom is 0.481 e. The first-order valence-electron chi connectivity index (χ1n) is 37.0. The number of fused-ring (bicyclic) bond motifs is 1. The van der Waals surface area contributed by atoms with Gasteiger partial charge in [-0.25, -0.2) is 28.6 Å². The van der Waals surface area contributed by atoms with Crippen molar-refractivity contribution in [2.45, 2.75) is 214 Å². The van der Waals surface area contributed by atoms with Gasteiger partial charge in [0.1, 0.15) is 59.9 Å². The average molecular weight is 1630 g/mol. The number of ketones is 2. The topological polar surface area (TPSA) is 500 Å². The quantitative estimate of drug-likeness (QED) is 0.0224. The van der Waals surface area contributed by atoms with E-state index in [2.05, 4.69) is 53.2 Å². The molecule has 2 fully saturated rings. The Morgan fingerprint density at radius 2 is 1.49 bits per heavy atom. The molecule has 2 aliphatic rings. The minimum atomic E-state index is -5.63. The predicted molar refractivity (Wildman–Crippen MR) is 407 cm³/mol. The van der Waals surface area contributed by atoms with Crippen molar-refractivity contribution >= 4 is 99.3 Å². The van der Waals surface area contributed by atoms with Gasteiger partial charge >= 0.3 is 29.4 Å². The molecule has 0 bridgehead atoms. The van der Waals surface area contributed by atoms with Crippen LogP contribution in [0.4, 0.5) is 5.82 Å². The van der Waals surface area contributed by atoms with Crippen molar-refractivity contribution in [3.05, 3.63) is 60.8 Å².